The van der Waals surface area contributed by atoms with E-state index >= 15 is 0 Å². The largest absolute Gasteiger partial charge is 0.574 e. The summed E-state index contributed by atoms with van der Waals surface area (Å²) in [5.74, 6) is -1.58. The second-order valence-electron chi connectivity index (χ2n) is 3.12. The van der Waals surface area contributed by atoms with Crippen molar-refractivity contribution in [2.24, 2.45) is 0 Å². The van der Waals surface area contributed by atoms with Crippen molar-refractivity contribution >= 4 is 22.5 Å². The lowest BCUT2D eigenvalue weighted by Gasteiger charge is -2.11. The molecule has 0 amide bonds. The number of carbonyl (C=O) groups is 1. The molecule has 0 spiro atoms. The van der Waals surface area contributed by atoms with E-state index in [0.29, 0.717) is 0 Å². The molecule has 0 saturated heterocycles. The molecule has 0 aromatic carbocycles. The summed E-state index contributed by atoms with van der Waals surface area (Å²) in [4.78, 5) is 22.7. The van der Waals surface area contributed by atoms with Crippen molar-refractivity contribution in [3.63, 3.8) is 0 Å². The summed E-state index contributed by atoms with van der Waals surface area (Å²) in [5.41, 5.74) is -4.07. The fourth-order valence-corrected chi connectivity index (χ4v) is 1.27. The Morgan fingerprint density at radius 1 is 1.45 bits per heavy atom. The molecule has 0 aliphatic carbocycles. The Kier molecular flexibility index (Phi) is 4.43. The minimum absolute atomic E-state index is 0.144. The molecule has 1 heterocycles. The molecule has 0 atom stereocenters. The zero-order valence-electron chi connectivity index (χ0n) is 8.95. The number of pyridine rings is 1. The van der Waals surface area contributed by atoms with Crippen LogP contribution in [0.4, 0.5) is 27.6 Å². The summed E-state index contributed by atoms with van der Waals surface area (Å²) >= 11 is 4.91. The first kappa shape index (κ1) is 16.0. The summed E-state index contributed by atoms with van der Waals surface area (Å²) in [6, 6.07) is 0.144. The summed E-state index contributed by atoms with van der Waals surface area (Å²) in [7, 11) is 0. The van der Waals surface area contributed by atoms with Gasteiger partial charge in [-0.05, 0) is 11.6 Å². The minimum Gasteiger partial charge on any atom is -0.387 e. The molecule has 0 aliphatic rings. The van der Waals surface area contributed by atoms with E-state index in [1.54, 1.807) is 0 Å². The lowest BCUT2D eigenvalue weighted by Crippen LogP contribution is -2.20. The number of ether oxygens (including phenoxy) is 1. The number of rotatable bonds is 4. The molecule has 1 rings (SSSR count). The van der Waals surface area contributed by atoms with Gasteiger partial charge in [0.2, 0.25) is 5.88 Å². The van der Waals surface area contributed by atoms with Crippen LogP contribution in [-0.2, 0) is 0 Å². The summed E-state index contributed by atoms with van der Waals surface area (Å²) < 4.78 is 64.4. The maximum atomic E-state index is 12.5. The SMILES string of the molecule is O=C(Cl)c1cc([N+](=O)[O-])c(C(F)F)nc1OC(F)(F)F. The van der Waals surface area contributed by atoms with E-state index in [9.17, 15) is 36.9 Å². The van der Waals surface area contributed by atoms with E-state index < -0.39 is 45.8 Å². The van der Waals surface area contributed by atoms with E-state index in [0.717, 1.165) is 0 Å². The van der Waals surface area contributed by atoms with Crippen LogP contribution >= 0.6 is 11.6 Å². The Balaban J connectivity index is 3.53. The van der Waals surface area contributed by atoms with Crippen molar-refractivity contribution in [1.82, 2.24) is 4.98 Å². The number of nitrogens with zero attached hydrogens (tertiary/aromatic N) is 2. The molecule has 0 N–H and O–H groups in total. The van der Waals surface area contributed by atoms with Crippen LogP contribution < -0.4 is 4.74 Å². The van der Waals surface area contributed by atoms with Gasteiger partial charge in [-0.25, -0.2) is 13.8 Å². The topological polar surface area (TPSA) is 82.3 Å². The standard InChI is InChI=1S/C8H2ClF5N2O4/c9-5(17)2-1-3(16(18)19)4(6(10)11)15-7(2)20-8(12,13)14/h1,6H. The lowest BCUT2D eigenvalue weighted by molar-refractivity contribution is -0.386. The highest BCUT2D eigenvalue weighted by atomic mass is 35.5. The molecule has 6 nitrogen and oxygen atoms in total. The third-order valence-electron chi connectivity index (χ3n) is 1.82. The molecular weight excluding hydrogens is 319 g/mol. The lowest BCUT2D eigenvalue weighted by atomic mass is 10.2. The number of nitro groups is 1. The fraction of sp³-hybridized carbons (Fsp3) is 0.250. The number of carbonyl (C=O) groups excluding carboxylic acids is 1. The van der Waals surface area contributed by atoms with E-state index in [-0.39, 0.29) is 6.07 Å². The van der Waals surface area contributed by atoms with Crippen LogP contribution in [0.2, 0.25) is 0 Å². The highest BCUT2D eigenvalue weighted by Gasteiger charge is 2.36. The van der Waals surface area contributed by atoms with Gasteiger partial charge in [0.1, 0.15) is 5.56 Å². The predicted octanol–water partition coefficient (Wildman–Crippen LogP) is 3.20. The van der Waals surface area contributed by atoms with Gasteiger partial charge in [-0.2, -0.15) is 0 Å². The molecule has 0 aliphatic heterocycles. The zero-order valence-corrected chi connectivity index (χ0v) is 9.71. The Morgan fingerprint density at radius 3 is 2.35 bits per heavy atom. The van der Waals surface area contributed by atoms with Crippen molar-refractivity contribution in [2.75, 3.05) is 0 Å². The summed E-state index contributed by atoms with van der Waals surface area (Å²) in [5, 5.41) is 8.93. The van der Waals surface area contributed by atoms with Crippen molar-refractivity contribution in [1.29, 1.82) is 0 Å². The van der Waals surface area contributed by atoms with Crippen molar-refractivity contribution < 1.29 is 36.4 Å². The van der Waals surface area contributed by atoms with E-state index in [1.807, 2.05) is 0 Å². The third kappa shape index (κ3) is 3.73. The van der Waals surface area contributed by atoms with Crippen LogP contribution in [0.25, 0.3) is 0 Å². The maximum absolute atomic E-state index is 12.5. The van der Waals surface area contributed by atoms with Crippen LogP contribution in [0.3, 0.4) is 0 Å². The first-order valence-electron chi connectivity index (χ1n) is 4.46. The highest BCUT2D eigenvalue weighted by Crippen LogP contribution is 2.34. The van der Waals surface area contributed by atoms with Gasteiger partial charge in [-0.1, -0.05) is 0 Å². The van der Waals surface area contributed by atoms with Gasteiger partial charge in [0, 0.05) is 6.07 Å². The van der Waals surface area contributed by atoms with Gasteiger partial charge in [0.05, 0.1) is 4.92 Å². The highest BCUT2D eigenvalue weighted by molar-refractivity contribution is 6.68. The molecular formula is C8H2ClF5N2O4. The van der Waals surface area contributed by atoms with E-state index in [1.165, 1.54) is 0 Å². The molecule has 1 aromatic heterocycles. The summed E-state index contributed by atoms with van der Waals surface area (Å²) in [6.45, 7) is 0. The molecule has 110 valence electrons. The number of aromatic nitrogens is 1. The molecule has 0 bridgehead atoms. The van der Waals surface area contributed by atoms with Gasteiger partial charge in [0.25, 0.3) is 17.4 Å². The molecule has 0 unspecified atom stereocenters. The average molecular weight is 321 g/mol. The van der Waals surface area contributed by atoms with E-state index in [4.69, 9.17) is 11.6 Å². The van der Waals surface area contributed by atoms with Gasteiger partial charge in [0.15, 0.2) is 5.69 Å². The van der Waals surface area contributed by atoms with Crippen LogP contribution in [0.15, 0.2) is 6.07 Å². The number of alkyl halides is 5. The third-order valence-corrected chi connectivity index (χ3v) is 2.03. The van der Waals surface area contributed by atoms with Gasteiger partial charge >= 0.3 is 6.36 Å². The van der Waals surface area contributed by atoms with Gasteiger partial charge in [-0.15, -0.1) is 13.2 Å². The second-order valence-corrected chi connectivity index (χ2v) is 3.47. The Morgan fingerprint density at radius 2 is 2.00 bits per heavy atom. The second kappa shape index (κ2) is 5.53. The average Bonchev–Trinajstić information content (AvgIpc) is 2.25. The minimum atomic E-state index is -5.34. The predicted molar refractivity (Wildman–Crippen MR) is 52.7 cm³/mol. The van der Waals surface area contributed by atoms with Crippen LogP contribution in [-0.4, -0.2) is 21.5 Å². The van der Waals surface area contributed by atoms with Crippen LogP contribution in [0.1, 0.15) is 22.5 Å². The van der Waals surface area contributed by atoms with Crippen molar-refractivity contribution in [2.45, 2.75) is 12.8 Å². The Bertz CT molecular complexity index is 563. The Labute approximate surface area is 111 Å². The van der Waals surface area contributed by atoms with Gasteiger partial charge < -0.3 is 4.74 Å². The van der Waals surface area contributed by atoms with Crippen LogP contribution in [0, 0.1) is 10.1 Å². The van der Waals surface area contributed by atoms with Gasteiger partial charge in [-0.3, -0.25) is 14.9 Å². The summed E-state index contributed by atoms with van der Waals surface area (Å²) in [6.07, 6.45) is -8.89. The zero-order chi connectivity index (χ0) is 15.7. The first-order chi connectivity index (χ1) is 9.03. The number of hydrogen-bond acceptors (Lipinski definition) is 5. The molecule has 12 heteroatoms. The quantitative estimate of drug-likeness (QED) is 0.368. The fourth-order valence-electron chi connectivity index (χ4n) is 1.13. The van der Waals surface area contributed by atoms with Crippen molar-refractivity contribution in [3.05, 3.63) is 27.4 Å². The molecule has 20 heavy (non-hydrogen) atoms. The molecule has 0 saturated carbocycles. The maximum Gasteiger partial charge on any atom is 0.574 e. The van der Waals surface area contributed by atoms with Crippen LogP contribution in [0.5, 0.6) is 5.88 Å². The van der Waals surface area contributed by atoms with E-state index in [2.05, 4.69) is 9.72 Å². The number of hydrogen-bond donors (Lipinski definition) is 0. The number of halogens is 6. The molecule has 1 aromatic rings. The first-order valence-corrected chi connectivity index (χ1v) is 4.83. The monoisotopic (exact) mass is 320 g/mol. The normalized spacial score (nSPS) is 11.6. The molecule has 0 fully saturated rings. The molecule has 0 radical (unpaired) electrons. The smallest absolute Gasteiger partial charge is 0.387 e. The Hall–Kier alpha value is -2.04. The van der Waals surface area contributed by atoms with Crippen molar-refractivity contribution in [3.8, 4) is 5.88 Å².